The van der Waals surface area contributed by atoms with Gasteiger partial charge in [0.15, 0.2) is 0 Å². The van der Waals surface area contributed by atoms with Crippen LogP contribution >= 0.6 is 22.6 Å². The van der Waals surface area contributed by atoms with Crippen LogP contribution < -0.4 is 5.32 Å². The van der Waals surface area contributed by atoms with E-state index in [1.807, 2.05) is 24.3 Å². The minimum absolute atomic E-state index is 0.0330. The molecule has 0 unspecified atom stereocenters. The molecule has 104 valence electrons. The molecule has 0 heterocycles. The number of carbonyl (C=O) groups excluding carboxylic acids is 1. The lowest BCUT2D eigenvalue weighted by atomic mass is 10.0. The molecule has 2 rings (SSSR count). The molecule has 0 aliphatic rings. The fourth-order valence-electron chi connectivity index (χ4n) is 1.91. The molecule has 2 aromatic carbocycles. The van der Waals surface area contributed by atoms with Crippen molar-refractivity contribution in [2.24, 2.45) is 0 Å². The van der Waals surface area contributed by atoms with Crippen LogP contribution in [0.25, 0.3) is 0 Å². The molecule has 0 fully saturated rings. The summed E-state index contributed by atoms with van der Waals surface area (Å²) in [5.41, 5.74) is 3.13. The smallest absolute Gasteiger partial charge is 0.251 e. The van der Waals surface area contributed by atoms with Gasteiger partial charge in [-0.15, -0.1) is 0 Å². The molecule has 0 saturated carbocycles. The van der Waals surface area contributed by atoms with E-state index in [1.54, 1.807) is 0 Å². The Morgan fingerprint density at radius 1 is 1.05 bits per heavy atom. The van der Waals surface area contributed by atoms with Crippen molar-refractivity contribution < 1.29 is 4.79 Å². The van der Waals surface area contributed by atoms with E-state index in [-0.39, 0.29) is 5.91 Å². The highest BCUT2D eigenvalue weighted by molar-refractivity contribution is 14.1. The van der Waals surface area contributed by atoms with E-state index < -0.39 is 0 Å². The predicted molar refractivity (Wildman–Crippen MR) is 90.9 cm³/mol. The molecule has 1 amide bonds. The van der Waals surface area contributed by atoms with Crippen molar-refractivity contribution in [1.29, 1.82) is 0 Å². The Bertz CT molecular complexity index is 573. The first-order valence-electron chi connectivity index (χ1n) is 6.69. The van der Waals surface area contributed by atoms with Crippen LogP contribution in [0.15, 0.2) is 48.5 Å². The van der Waals surface area contributed by atoms with Gasteiger partial charge in [-0.3, -0.25) is 4.79 Å². The van der Waals surface area contributed by atoms with Crippen LogP contribution in [-0.4, -0.2) is 5.91 Å². The minimum Gasteiger partial charge on any atom is -0.348 e. The van der Waals surface area contributed by atoms with Gasteiger partial charge in [-0.05, 0) is 63.9 Å². The van der Waals surface area contributed by atoms with Crippen LogP contribution in [0.4, 0.5) is 0 Å². The average molecular weight is 379 g/mol. The van der Waals surface area contributed by atoms with Gasteiger partial charge in [0.05, 0.1) is 0 Å². The Morgan fingerprint density at radius 2 is 1.65 bits per heavy atom. The molecule has 2 aromatic rings. The molecule has 0 radical (unpaired) electrons. The van der Waals surface area contributed by atoms with Crippen molar-refractivity contribution in [2.45, 2.75) is 26.3 Å². The second kappa shape index (κ2) is 6.88. The van der Waals surface area contributed by atoms with Crippen molar-refractivity contribution in [3.05, 3.63) is 68.8 Å². The summed E-state index contributed by atoms with van der Waals surface area (Å²) < 4.78 is 1.13. The van der Waals surface area contributed by atoms with Crippen LogP contribution in [0, 0.1) is 3.57 Å². The van der Waals surface area contributed by atoms with E-state index >= 15 is 0 Å². The standard InChI is InChI=1S/C17H18INO/c1-12(2)14-5-3-13(4-6-14)11-19-17(20)15-7-9-16(18)10-8-15/h3-10,12H,11H2,1-2H3,(H,19,20). The molecule has 3 heteroatoms. The summed E-state index contributed by atoms with van der Waals surface area (Å²) in [4.78, 5) is 12.0. The van der Waals surface area contributed by atoms with Gasteiger partial charge in [0.2, 0.25) is 0 Å². The van der Waals surface area contributed by atoms with Gasteiger partial charge in [-0.2, -0.15) is 0 Å². The first-order valence-corrected chi connectivity index (χ1v) is 7.77. The Kier molecular flexibility index (Phi) is 5.17. The number of carbonyl (C=O) groups is 1. The molecule has 0 aliphatic carbocycles. The Morgan fingerprint density at radius 3 is 2.20 bits per heavy atom. The quantitative estimate of drug-likeness (QED) is 0.787. The number of halogens is 1. The van der Waals surface area contributed by atoms with Crippen molar-refractivity contribution in [2.75, 3.05) is 0 Å². The fourth-order valence-corrected chi connectivity index (χ4v) is 2.27. The molecule has 0 aliphatic heterocycles. The fraction of sp³-hybridized carbons (Fsp3) is 0.235. The van der Waals surface area contributed by atoms with Gasteiger partial charge in [-0.25, -0.2) is 0 Å². The zero-order valence-corrected chi connectivity index (χ0v) is 13.8. The van der Waals surface area contributed by atoms with Gasteiger partial charge in [0.25, 0.3) is 5.91 Å². The third-order valence-electron chi connectivity index (χ3n) is 3.21. The number of rotatable bonds is 4. The Balaban J connectivity index is 1.94. The van der Waals surface area contributed by atoms with E-state index in [1.165, 1.54) is 5.56 Å². The largest absolute Gasteiger partial charge is 0.348 e. The Hall–Kier alpha value is -1.36. The molecule has 2 nitrogen and oxygen atoms in total. The molecule has 0 spiro atoms. The summed E-state index contributed by atoms with van der Waals surface area (Å²) in [7, 11) is 0. The van der Waals surface area contributed by atoms with Gasteiger partial charge in [0, 0.05) is 15.7 Å². The minimum atomic E-state index is -0.0330. The summed E-state index contributed by atoms with van der Waals surface area (Å²) in [6, 6.07) is 16.0. The summed E-state index contributed by atoms with van der Waals surface area (Å²) in [6.45, 7) is 4.91. The third kappa shape index (κ3) is 4.07. The maximum atomic E-state index is 12.0. The first-order chi connectivity index (χ1) is 9.56. The molecule has 1 N–H and O–H groups in total. The van der Waals surface area contributed by atoms with E-state index in [4.69, 9.17) is 0 Å². The zero-order chi connectivity index (χ0) is 14.5. The molecular formula is C17H18INO. The monoisotopic (exact) mass is 379 g/mol. The highest BCUT2D eigenvalue weighted by Gasteiger charge is 2.05. The highest BCUT2D eigenvalue weighted by atomic mass is 127. The maximum Gasteiger partial charge on any atom is 0.251 e. The second-order valence-electron chi connectivity index (χ2n) is 5.09. The van der Waals surface area contributed by atoms with Crippen molar-refractivity contribution in [3.63, 3.8) is 0 Å². The van der Waals surface area contributed by atoms with Crippen molar-refractivity contribution in [3.8, 4) is 0 Å². The lowest BCUT2D eigenvalue weighted by Gasteiger charge is -2.08. The number of hydrogen-bond acceptors (Lipinski definition) is 1. The van der Waals surface area contributed by atoms with Crippen LogP contribution in [-0.2, 0) is 6.54 Å². The van der Waals surface area contributed by atoms with Gasteiger partial charge in [0.1, 0.15) is 0 Å². The van der Waals surface area contributed by atoms with Crippen LogP contribution in [0.5, 0.6) is 0 Å². The van der Waals surface area contributed by atoms with Crippen molar-refractivity contribution in [1.82, 2.24) is 5.32 Å². The van der Waals surface area contributed by atoms with E-state index in [2.05, 4.69) is 66.0 Å². The Labute approximate surface area is 133 Å². The number of nitrogens with one attached hydrogen (secondary N) is 1. The summed E-state index contributed by atoms with van der Waals surface area (Å²) >= 11 is 2.23. The molecule has 0 atom stereocenters. The predicted octanol–water partition coefficient (Wildman–Crippen LogP) is 4.34. The lowest BCUT2D eigenvalue weighted by Crippen LogP contribution is -2.22. The normalized spacial score (nSPS) is 10.6. The van der Waals surface area contributed by atoms with E-state index in [0.717, 1.165) is 9.13 Å². The summed E-state index contributed by atoms with van der Waals surface area (Å²) in [5, 5.41) is 2.94. The molecule has 0 aromatic heterocycles. The summed E-state index contributed by atoms with van der Waals surface area (Å²) in [5.74, 6) is 0.500. The van der Waals surface area contributed by atoms with Crippen molar-refractivity contribution >= 4 is 28.5 Å². The third-order valence-corrected chi connectivity index (χ3v) is 3.93. The molecule has 0 saturated heterocycles. The topological polar surface area (TPSA) is 29.1 Å². The molecular weight excluding hydrogens is 361 g/mol. The number of hydrogen-bond donors (Lipinski definition) is 1. The second-order valence-corrected chi connectivity index (χ2v) is 6.33. The maximum absolute atomic E-state index is 12.0. The van der Waals surface area contributed by atoms with Gasteiger partial charge >= 0.3 is 0 Å². The highest BCUT2D eigenvalue weighted by Crippen LogP contribution is 2.14. The zero-order valence-electron chi connectivity index (χ0n) is 11.7. The van der Waals surface area contributed by atoms with Crippen LogP contribution in [0.1, 0.15) is 41.3 Å². The average Bonchev–Trinajstić information content (AvgIpc) is 2.46. The molecule has 20 heavy (non-hydrogen) atoms. The SMILES string of the molecule is CC(C)c1ccc(CNC(=O)c2ccc(I)cc2)cc1. The number of benzene rings is 2. The van der Waals surface area contributed by atoms with Gasteiger partial charge in [-0.1, -0.05) is 38.1 Å². The van der Waals surface area contributed by atoms with E-state index in [9.17, 15) is 4.79 Å². The van der Waals surface area contributed by atoms with Crippen LogP contribution in [0.3, 0.4) is 0 Å². The van der Waals surface area contributed by atoms with Gasteiger partial charge < -0.3 is 5.32 Å². The molecule has 0 bridgehead atoms. The summed E-state index contributed by atoms with van der Waals surface area (Å²) in [6.07, 6.45) is 0. The number of amides is 1. The van der Waals surface area contributed by atoms with Crippen LogP contribution in [0.2, 0.25) is 0 Å². The first kappa shape index (κ1) is 15.0. The lowest BCUT2D eigenvalue weighted by molar-refractivity contribution is 0.0951. The van der Waals surface area contributed by atoms with E-state index in [0.29, 0.717) is 18.0 Å².